The van der Waals surface area contributed by atoms with E-state index in [2.05, 4.69) is 38.2 Å². The minimum Gasteiger partial charge on any atom is -0.498 e. The van der Waals surface area contributed by atoms with Gasteiger partial charge in [-0.2, -0.15) is 0 Å². The number of rotatable bonds is 38. The summed E-state index contributed by atoms with van der Waals surface area (Å²) in [5.74, 6) is -0.350. The number of likely N-dealkylation sites (N-methyl/N-ethyl adjacent to an activating group) is 1. The molecular weight excluding hydrogens is 661 g/mol. The van der Waals surface area contributed by atoms with Gasteiger partial charge in [-0.15, -0.1) is 0 Å². The van der Waals surface area contributed by atoms with Crippen LogP contribution in [0.3, 0.4) is 0 Å². The van der Waals surface area contributed by atoms with Crippen molar-refractivity contribution >= 4 is 13.8 Å². The fraction of sp³-hybridized carbons (Fsp3) is 0.833. The Morgan fingerprint density at radius 2 is 1.10 bits per heavy atom. The first-order chi connectivity index (χ1) is 24.6. The van der Waals surface area contributed by atoms with E-state index in [1.807, 2.05) is 27.2 Å². The smallest absolute Gasteiger partial charge is 0.472 e. The van der Waals surface area contributed by atoms with Crippen LogP contribution in [0.2, 0.25) is 0 Å². The maximum atomic E-state index is 12.6. The second-order valence-electron chi connectivity index (χ2n) is 15.1. The van der Waals surface area contributed by atoms with Crippen molar-refractivity contribution in [2.24, 2.45) is 0 Å². The Morgan fingerprint density at radius 1 is 0.627 bits per heavy atom. The summed E-state index contributed by atoms with van der Waals surface area (Å²) < 4.78 is 34.7. The van der Waals surface area contributed by atoms with Gasteiger partial charge in [0, 0.05) is 6.42 Å². The Morgan fingerprint density at radius 3 is 1.65 bits per heavy atom. The standard InChI is InChI=1S/C42H80NO7P/c1-6-8-10-12-14-16-18-20-22-23-25-27-29-31-33-35-42(44)50-41(40-49-51(45,46)48-38-36-43(3,4)5)39-47-37-34-32-30-28-26-24-21-19-17-15-13-11-9-7-2/h14,16,20,22,34,37,41H,6-13,15,17-19,21,23-33,35-36,38-40H2,1-5H3/p+1/b16-14-,22-20-,37-34-/t41-/m1/s1. The Kier molecular flexibility index (Phi) is 34.6. The predicted molar refractivity (Wildman–Crippen MR) is 215 cm³/mol. The van der Waals surface area contributed by atoms with Crippen LogP contribution in [-0.4, -0.2) is 69.0 Å². The summed E-state index contributed by atoms with van der Waals surface area (Å²) in [4.78, 5) is 22.8. The first-order valence-corrected chi connectivity index (χ1v) is 22.3. The van der Waals surface area contributed by atoms with Gasteiger partial charge in [0.1, 0.15) is 19.8 Å². The molecule has 1 unspecified atom stereocenters. The highest BCUT2D eigenvalue weighted by molar-refractivity contribution is 7.47. The number of carbonyl (C=O) groups excluding carboxylic acids is 1. The number of hydrogen-bond acceptors (Lipinski definition) is 6. The molecule has 0 heterocycles. The zero-order chi connectivity index (χ0) is 37.7. The number of unbranched alkanes of at least 4 members (excludes halogenated alkanes) is 20. The van der Waals surface area contributed by atoms with E-state index in [1.54, 1.807) is 6.26 Å². The van der Waals surface area contributed by atoms with Gasteiger partial charge in [-0.3, -0.25) is 13.8 Å². The van der Waals surface area contributed by atoms with E-state index >= 15 is 0 Å². The molecule has 0 aliphatic carbocycles. The molecule has 0 rings (SSSR count). The number of quaternary nitrogens is 1. The molecule has 0 saturated heterocycles. The van der Waals surface area contributed by atoms with Gasteiger partial charge in [0.15, 0.2) is 6.10 Å². The molecule has 0 radical (unpaired) electrons. The van der Waals surface area contributed by atoms with Crippen LogP contribution >= 0.6 is 7.82 Å². The van der Waals surface area contributed by atoms with Crippen LogP contribution in [0.4, 0.5) is 0 Å². The maximum Gasteiger partial charge on any atom is 0.472 e. The van der Waals surface area contributed by atoms with Gasteiger partial charge in [0.2, 0.25) is 0 Å². The van der Waals surface area contributed by atoms with Crippen molar-refractivity contribution in [3.63, 3.8) is 0 Å². The van der Waals surface area contributed by atoms with Crippen LogP contribution in [0.1, 0.15) is 174 Å². The summed E-state index contributed by atoms with van der Waals surface area (Å²) in [7, 11) is 1.63. The number of esters is 1. The third-order valence-corrected chi connectivity index (χ3v) is 9.75. The second-order valence-corrected chi connectivity index (χ2v) is 16.5. The highest BCUT2D eigenvalue weighted by atomic mass is 31.2. The Labute approximate surface area is 315 Å². The van der Waals surface area contributed by atoms with E-state index in [-0.39, 0.29) is 25.8 Å². The van der Waals surface area contributed by atoms with Crippen molar-refractivity contribution in [2.75, 3.05) is 47.5 Å². The lowest BCUT2D eigenvalue weighted by Crippen LogP contribution is -2.37. The largest absolute Gasteiger partial charge is 0.498 e. The van der Waals surface area contributed by atoms with Crippen molar-refractivity contribution in [2.45, 2.75) is 180 Å². The molecule has 1 N–H and O–H groups in total. The van der Waals surface area contributed by atoms with Gasteiger partial charge in [0.05, 0.1) is 34.0 Å². The van der Waals surface area contributed by atoms with E-state index in [0.717, 1.165) is 57.8 Å². The molecule has 0 amide bonds. The minimum atomic E-state index is -4.29. The number of phosphoric acid groups is 1. The van der Waals surface area contributed by atoms with Crippen LogP contribution in [-0.2, 0) is 27.9 Å². The number of hydrogen-bond donors (Lipinski definition) is 1. The number of carbonyl (C=O) groups is 1. The average Bonchev–Trinajstić information content (AvgIpc) is 3.08. The summed E-state index contributed by atoms with van der Waals surface area (Å²) in [5.41, 5.74) is 0. The molecule has 9 heteroatoms. The fourth-order valence-corrected chi connectivity index (χ4v) is 6.23. The van der Waals surface area contributed by atoms with Crippen LogP contribution in [0, 0.1) is 0 Å². The highest BCUT2D eigenvalue weighted by Gasteiger charge is 2.26. The lowest BCUT2D eigenvalue weighted by Gasteiger charge is -2.24. The SMILES string of the molecule is CCCCC/C=C\C/C=C\CCCCCCCC(=O)O[C@H](CO/C=C\CCCCCCCCCCCCCC)COP(=O)(O)OCC[N+](C)(C)C. The Bertz CT molecular complexity index is 915. The summed E-state index contributed by atoms with van der Waals surface area (Å²) in [6, 6.07) is 0. The fourth-order valence-electron chi connectivity index (χ4n) is 5.49. The number of ether oxygens (including phenoxy) is 2. The van der Waals surface area contributed by atoms with Gasteiger partial charge >= 0.3 is 13.8 Å². The zero-order valence-corrected chi connectivity index (χ0v) is 34.7. The molecule has 8 nitrogen and oxygen atoms in total. The molecule has 0 fully saturated rings. The third-order valence-electron chi connectivity index (χ3n) is 8.77. The molecule has 0 aromatic rings. The van der Waals surface area contributed by atoms with E-state index in [0.29, 0.717) is 17.4 Å². The first kappa shape index (κ1) is 49.6. The molecule has 0 aromatic carbocycles. The van der Waals surface area contributed by atoms with Gasteiger partial charge < -0.3 is 18.9 Å². The second kappa shape index (κ2) is 35.6. The molecule has 0 aromatic heterocycles. The molecule has 0 spiro atoms. The lowest BCUT2D eigenvalue weighted by molar-refractivity contribution is -0.870. The van der Waals surface area contributed by atoms with E-state index < -0.39 is 13.9 Å². The Balaban J connectivity index is 4.35. The van der Waals surface area contributed by atoms with Crippen molar-refractivity contribution in [1.82, 2.24) is 0 Å². The third kappa shape index (κ3) is 39.6. The summed E-state index contributed by atoms with van der Waals surface area (Å²) in [5, 5.41) is 0. The molecular formula is C42H81NO7P+. The van der Waals surface area contributed by atoms with Gasteiger partial charge in [-0.05, 0) is 57.4 Å². The summed E-state index contributed by atoms with van der Waals surface area (Å²) in [6.45, 7) is 4.89. The van der Waals surface area contributed by atoms with Crippen LogP contribution in [0.25, 0.3) is 0 Å². The van der Waals surface area contributed by atoms with Gasteiger partial charge in [0.25, 0.3) is 0 Å². The average molecular weight is 743 g/mol. The molecule has 51 heavy (non-hydrogen) atoms. The lowest BCUT2D eigenvalue weighted by atomic mass is 10.0. The highest BCUT2D eigenvalue weighted by Crippen LogP contribution is 2.43. The van der Waals surface area contributed by atoms with Crippen molar-refractivity contribution < 1.29 is 37.3 Å². The van der Waals surface area contributed by atoms with Crippen molar-refractivity contribution in [1.29, 1.82) is 0 Å². The van der Waals surface area contributed by atoms with E-state index in [4.69, 9.17) is 18.5 Å². The molecule has 0 bridgehead atoms. The topological polar surface area (TPSA) is 91.3 Å². The first-order valence-electron chi connectivity index (χ1n) is 20.8. The monoisotopic (exact) mass is 743 g/mol. The normalized spacial score (nSPS) is 14.2. The van der Waals surface area contributed by atoms with Gasteiger partial charge in [-0.1, -0.05) is 141 Å². The van der Waals surface area contributed by atoms with Crippen molar-refractivity contribution in [3.8, 4) is 0 Å². The number of nitrogens with zero attached hydrogens (tertiary/aromatic N) is 1. The molecule has 300 valence electrons. The molecule has 2 atom stereocenters. The van der Waals surface area contributed by atoms with Crippen LogP contribution in [0.15, 0.2) is 36.6 Å². The van der Waals surface area contributed by atoms with E-state index in [9.17, 15) is 14.3 Å². The van der Waals surface area contributed by atoms with E-state index in [1.165, 1.54) is 96.3 Å². The number of phosphoric ester groups is 1. The van der Waals surface area contributed by atoms with Crippen LogP contribution in [0.5, 0.6) is 0 Å². The predicted octanol–water partition coefficient (Wildman–Crippen LogP) is 12.2. The molecule has 0 saturated carbocycles. The molecule has 0 aliphatic rings. The van der Waals surface area contributed by atoms with Crippen LogP contribution < -0.4 is 0 Å². The Hall–Kier alpha value is -1.44. The van der Waals surface area contributed by atoms with Crippen molar-refractivity contribution in [3.05, 3.63) is 36.6 Å². The summed E-state index contributed by atoms with van der Waals surface area (Å²) in [6.07, 6.45) is 41.2. The maximum absolute atomic E-state index is 12.6. The zero-order valence-electron chi connectivity index (χ0n) is 33.8. The quantitative estimate of drug-likeness (QED) is 0.0168. The minimum absolute atomic E-state index is 0.0434. The number of allylic oxidation sites excluding steroid dienone is 5. The summed E-state index contributed by atoms with van der Waals surface area (Å²) >= 11 is 0. The van der Waals surface area contributed by atoms with Gasteiger partial charge in [-0.25, -0.2) is 4.57 Å². The molecule has 0 aliphatic heterocycles.